The van der Waals surface area contributed by atoms with Gasteiger partial charge in [-0.15, -0.1) is 11.3 Å². The third kappa shape index (κ3) is 5.59. The predicted octanol–water partition coefficient (Wildman–Crippen LogP) is 4.65. The largest absolute Gasteiger partial charge is 0.330 e. The third-order valence-corrected chi connectivity index (χ3v) is 5.04. The maximum atomic E-state index is 12.8. The average Bonchev–Trinajstić information content (AvgIpc) is 3.12. The van der Waals surface area contributed by atoms with Crippen LogP contribution in [0.2, 0.25) is 0 Å². The second-order valence-electron chi connectivity index (χ2n) is 6.35. The van der Waals surface area contributed by atoms with Gasteiger partial charge in [0.2, 0.25) is 5.91 Å². The standard InChI is InChI=1S/C22H23N3OS/c1-3-18-6-8-19(9-7-18)14-25(15-20-5-4-12-23-13-20)22(26)11-10-21-16-27-17(2)24-21/h4-13,16H,3,14-15H2,1-2H3/b11-10+. The molecule has 0 spiro atoms. The summed E-state index contributed by atoms with van der Waals surface area (Å²) < 4.78 is 0. The Morgan fingerprint density at radius 2 is 1.85 bits per heavy atom. The molecule has 1 aromatic carbocycles. The van der Waals surface area contributed by atoms with Crippen LogP contribution in [0.25, 0.3) is 6.08 Å². The maximum Gasteiger partial charge on any atom is 0.247 e. The molecule has 5 heteroatoms. The molecule has 2 heterocycles. The molecule has 0 radical (unpaired) electrons. The smallest absolute Gasteiger partial charge is 0.247 e. The molecule has 0 atom stereocenters. The Hall–Kier alpha value is -2.79. The molecule has 27 heavy (non-hydrogen) atoms. The van der Waals surface area contributed by atoms with Gasteiger partial charge < -0.3 is 4.90 Å². The zero-order valence-electron chi connectivity index (χ0n) is 15.6. The van der Waals surface area contributed by atoms with E-state index in [2.05, 4.69) is 41.2 Å². The van der Waals surface area contributed by atoms with Gasteiger partial charge in [-0.3, -0.25) is 9.78 Å². The van der Waals surface area contributed by atoms with Gasteiger partial charge in [0.05, 0.1) is 10.7 Å². The Morgan fingerprint density at radius 1 is 1.11 bits per heavy atom. The third-order valence-electron chi connectivity index (χ3n) is 4.25. The Morgan fingerprint density at radius 3 is 2.48 bits per heavy atom. The molecule has 0 N–H and O–H groups in total. The van der Waals surface area contributed by atoms with Crippen LogP contribution in [-0.4, -0.2) is 20.8 Å². The van der Waals surface area contributed by atoms with Crippen LogP contribution in [0, 0.1) is 6.92 Å². The lowest BCUT2D eigenvalue weighted by molar-refractivity contribution is -0.127. The molecule has 0 aliphatic heterocycles. The van der Waals surface area contributed by atoms with E-state index in [0.717, 1.165) is 28.2 Å². The van der Waals surface area contributed by atoms with Crippen LogP contribution in [-0.2, 0) is 24.3 Å². The van der Waals surface area contributed by atoms with Crippen molar-refractivity contribution in [2.24, 2.45) is 0 Å². The molecule has 0 saturated heterocycles. The van der Waals surface area contributed by atoms with Crippen molar-refractivity contribution in [2.75, 3.05) is 0 Å². The van der Waals surface area contributed by atoms with E-state index in [1.54, 1.807) is 35.9 Å². The van der Waals surface area contributed by atoms with Crippen molar-refractivity contribution in [3.8, 4) is 0 Å². The number of amides is 1. The predicted molar refractivity (Wildman–Crippen MR) is 110 cm³/mol. The summed E-state index contributed by atoms with van der Waals surface area (Å²) in [4.78, 5) is 23.2. The highest BCUT2D eigenvalue weighted by atomic mass is 32.1. The van der Waals surface area contributed by atoms with Crippen LogP contribution in [0.4, 0.5) is 0 Å². The average molecular weight is 378 g/mol. The molecule has 0 aliphatic rings. The molecular formula is C22H23N3OS. The molecule has 0 unspecified atom stereocenters. The molecule has 4 nitrogen and oxygen atoms in total. The summed E-state index contributed by atoms with van der Waals surface area (Å²) in [5.41, 5.74) is 4.23. The van der Waals surface area contributed by atoms with Gasteiger partial charge in [-0.2, -0.15) is 0 Å². The van der Waals surface area contributed by atoms with E-state index in [4.69, 9.17) is 0 Å². The number of pyridine rings is 1. The minimum Gasteiger partial charge on any atom is -0.330 e. The Kier molecular flexibility index (Phi) is 6.49. The normalized spacial score (nSPS) is 11.0. The number of aryl methyl sites for hydroxylation is 2. The van der Waals surface area contributed by atoms with E-state index >= 15 is 0 Å². The topological polar surface area (TPSA) is 46.1 Å². The first-order valence-corrected chi connectivity index (χ1v) is 9.88. The van der Waals surface area contributed by atoms with Crippen LogP contribution < -0.4 is 0 Å². The molecule has 0 saturated carbocycles. The number of rotatable bonds is 7. The van der Waals surface area contributed by atoms with Crippen molar-refractivity contribution in [1.82, 2.24) is 14.9 Å². The number of thiazole rings is 1. The Labute approximate surface area is 164 Å². The van der Waals surface area contributed by atoms with Gasteiger partial charge >= 0.3 is 0 Å². The summed E-state index contributed by atoms with van der Waals surface area (Å²) in [5.74, 6) is -0.0379. The molecule has 3 aromatic rings. The molecule has 0 fully saturated rings. The monoisotopic (exact) mass is 377 g/mol. The maximum absolute atomic E-state index is 12.8. The van der Waals surface area contributed by atoms with Gasteiger partial charge in [0.1, 0.15) is 0 Å². The van der Waals surface area contributed by atoms with Crippen LogP contribution in [0.15, 0.2) is 60.2 Å². The van der Waals surface area contributed by atoms with Crippen molar-refractivity contribution in [3.63, 3.8) is 0 Å². The van der Waals surface area contributed by atoms with Crippen molar-refractivity contribution >= 4 is 23.3 Å². The fourth-order valence-corrected chi connectivity index (χ4v) is 3.32. The highest BCUT2D eigenvalue weighted by Crippen LogP contribution is 2.14. The molecule has 3 rings (SSSR count). The molecular weight excluding hydrogens is 354 g/mol. The Balaban J connectivity index is 1.77. The molecule has 138 valence electrons. The van der Waals surface area contributed by atoms with E-state index < -0.39 is 0 Å². The fourth-order valence-electron chi connectivity index (χ4n) is 2.74. The van der Waals surface area contributed by atoms with Gasteiger partial charge in [-0.05, 0) is 42.2 Å². The lowest BCUT2D eigenvalue weighted by Crippen LogP contribution is -2.28. The highest BCUT2D eigenvalue weighted by Gasteiger charge is 2.13. The minimum atomic E-state index is -0.0379. The first-order chi connectivity index (χ1) is 13.1. The molecule has 0 aliphatic carbocycles. The second-order valence-corrected chi connectivity index (χ2v) is 7.41. The minimum absolute atomic E-state index is 0.0379. The number of nitrogens with zero attached hydrogens (tertiary/aromatic N) is 3. The van der Waals surface area contributed by atoms with Crippen molar-refractivity contribution in [3.05, 3.63) is 87.6 Å². The van der Waals surface area contributed by atoms with Crippen LogP contribution in [0.1, 0.15) is 34.3 Å². The van der Waals surface area contributed by atoms with E-state index in [0.29, 0.717) is 13.1 Å². The summed E-state index contributed by atoms with van der Waals surface area (Å²) in [6, 6.07) is 12.3. The summed E-state index contributed by atoms with van der Waals surface area (Å²) in [5, 5.41) is 2.94. The number of hydrogen-bond acceptors (Lipinski definition) is 4. The summed E-state index contributed by atoms with van der Waals surface area (Å²) >= 11 is 1.58. The second kappa shape index (κ2) is 9.24. The van der Waals surface area contributed by atoms with Gasteiger partial charge in [-0.25, -0.2) is 4.98 Å². The lowest BCUT2D eigenvalue weighted by Gasteiger charge is -2.21. The number of carbonyl (C=O) groups is 1. The highest BCUT2D eigenvalue weighted by molar-refractivity contribution is 7.09. The molecule has 2 aromatic heterocycles. The lowest BCUT2D eigenvalue weighted by atomic mass is 10.1. The van der Waals surface area contributed by atoms with Gasteiger partial charge in [0, 0.05) is 36.9 Å². The first-order valence-electron chi connectivity index (χ1n) is 9.00. The van der Waals surface area contributed by atoms with Gasteiger partial charge in [0.15, 0.2) is 0 Å². The van der Waals surface area contributed by atoms with E-state index in [1.165, 1.54) is 5.56 Å². The van der Waals surface area contributed by atoms with E-state index in [1.807, 2.05) is 29.3 Å². The Bertz CT molecular complexity index is 901. The van der Waals surface area contributed by atoms with Gasteiger partial charge in [-0.1, -0.05) is 37.3 Å². The summed E-state index contributed by atoms with van der Waals surface area (Å²) in [7, 11) is 0. The van der Waals surface area contributed by atoms with E-state index in [9.17, 15) is 4.79 Å². The zero-order chi connectivity index (χ0) is 19.1. The number of benzene rings is 1. The number of carbonyl (C=O) groups excluding carboxylic acids is 1. The molecule has 0 bridgehead atoms. The van der Waals surface area contributed by atoms with Gasteiger partial charge in [0.25, 0.3) is 0 Å². The zero-order valence-corrected chi connectivity index (χ0v) is 16.4. The van der Waals surface area contributed by atoms with Crippen LogP contribution in [0.3, 0.4) is 0 Å². The summed E-state index contributed by atoms with van der Waals surface area (Å²) in [6.07, 6.45) is 7.93. The quantitative estimate of drug-likeness (QED) is 0.563. The molecule has 1 amide bonds. The number of hydrogen-bond donors (Lipinski definition) is 0. The summed E-state index contributed by atoms with van der Waals surface area (Å²) in [6.45, 7) is 5.16. The first kappa shape index (κ1) is 19.0. The van der Waals surface area contributed by atoms with Crippen molar-refractivity contribution in [2.45, 2.75) is 33.4 Å². The van der Waals surface area contributed by atoms with E-state index in [-0.39, 0.29) is 5.91 Å². The van der Waals surface area contributed by atoms with Crippen LogP contribution >= 0.6 is 11.3 Å². The van der Waals surface area contributed by atoms with Crippen LogP contribution in [0.5, 0.6) is 0 Å². The van der Waals surface area contributed by atoms with Crippen molar-refractivity contribution < 1.29 is 4.79 Å². The fraction of sp³-hybridized carbons (Fsp3) is 0.227. The SMILES string of the molecule is CCc1ccc(CN(Cc2cccnc2)C(=O)/C=C/c2csc(C)n2)cc1. The van der Waals surface area contributed by atoms with Crippen molar-refractivity contribution in [1.29, 1.82) is 0 Å². The number of aromatic nitrogens is 2.